The van der Waals surface area contributed by atoms with Gasteiger partial charge in [-0.1, -0.05) is 12.1 Å². The third kappa shape index (κ3) is 5.58. The molecule has 3 aromatic rings. The number of alkyl halides is 3. The molecule has 37 heavy (non-hydrogen) atoms. The highest BCUT2D eigenvalue weighted by Gasteiger charge is 2.49. The van der Waals surface area contributed by atoms with Gasteiger partial charge in [-0.05, 0) is 59.8 Å². The number of anilines is 1. The van der Waals surface area contributed by atoms with Crippen LogP contribution in [0.1, 0.15) is 49.7 Å². The maximum atomic E-state index is 14.8. The summed E-state index contributed by atoms with van der Waals surface area (Å²) in [4.78, 5) is 11.1. The van der Waals surface area contributed by atoms with Crippen LogP contribution in [0.3, 0.4) is 0 Å². The van der Waals surface area contributed by atoms with Crippen LogP contribution in [0.5, 0.6) is 11.5 Å². The van der Waals surface area contributed by atoms with Crippen LogP contribution in [-0.4, -0.2) is 48.7 Å². The Bertz CT molecular complexity index is 1290. The standard InChI is InChI=1S/C27H32F4N4O2/c1-15(18-8-7-9-20(24(18)28)27(29,30)31)32-25-19-12-23(22(36-6)13-21(19)33-17(3)34-25)37-16(2)26(10-11-26)14-35(4)5/h7-9,12-13,15-16H,10-11,14H2,1-6H3,(H,32,33,34)/t15-,16+/m1/s1. The number of hydrogen-bond donors (Lipinski definition) is 1. The van der Waals surface area contributed by atoms with Gasteiger partial charge in [0, 0.05) is 29.0 Å². The Morgan fingerprint density at radius 2 is 1.81 bits per heavy atom. The minimum absolute atomic E-state index is 0.0594. The molecule has 4 rings (SSSR count). The van der Waals surface area contributed by atoms with Crippen LogP contribution in [0.2, 0.25) is 0 Å². The Hall–Kier alpha value is -3.14. The fourth-order valence-electron chi connectivity index (χ4n) is 4.80. The van der Waals surface area contributed by atoms with Gasteiger partial charge in [-0.3, -0.25) is 0 Å². The summed E-state index contributed by atoms with van der Waals surface area (Å²) in [6, 6.07) is 5.97. The second-order valence-corrected chi connectivity index (χ2v) is 10.1. The summed E-state index contributed by atoms with van der Waals surface area (Å²) < 4.78 is 66.5. The van der Waals surface area contributed by atoms with Crippen molar-refractivity contribution in [2.75, 3.05) is 33.1 Å². The molecule has 0 saturated heterocycles. The average molecular weight is 521 g/mol. The first-order chi connectivity index (χ1) is 17.3. The van der Waals surface area contributed by atoms with Gasteiger partial charge in [-0.25, -0.2) is 14.4 Å². The van der Waals surface area contributed by atoms with E-state index in [1.54, 1.807) is 33.1 Å². The number of hydrogen-bond acceptors (Lipinski definition) is 6. The molecule has 1 aliphatic rings. The van der Waals surface area contributed by atoms with Crippen LogP contribution in [-0.2, 0) is 6.18 Å². The van der Waals surface area contributed by atoms with E-state index in [0.717, 1.165) is 25.5 Å². The molecule has 1 saturated carbocycles. The van der Waals surface area contributed by atoms with Crippen molar-refractivity contribution in [1.29, 1.82) is 0 Å². The van der Waals surface area contributed by atoms with Crippen molar-refractivity contribution < 1.29 is 27.0 Å². The molecule has 6 nitrogen and oxygen atoms in total. The fraction of sp³-hybridized carbons (Fsp3) is 0.481. The number of nitrogens with zero attached hydrogens (tertiary/aromatic N) is 3. The van der Waals surface area contributed by atoms with Gasteiger partial charge in [0.15, 0.2) is 11.5 Å². The molecule has 0 radical (unpaired) electrons. The molecule has 1 N–H and O–H groups in total. The molecule has 0 spiro atoms. The average Bonchev–Trinajstić information content (AvgIpc) is 3.58. The van der Waals surface area contributed by atoms with Crippen LogP contribution in [0.4, 0.5) is 23.4 Å². The number of rotatable bonds is 9. The smallest absolute Gasteiger partial charge is 0.419 e. The lowest BCUT2D eigenvalue weighted by molar-refractivity contribution is -0.140. The highest BCUT2D eigenvalue weighted by Crippen LogP contribution is 2.51. The Morgan fingerprint density at radius 1 is 1.11 bits per heavy atom. The number of halogens is 4. The Balaban J connectivity index is 1.70. The van der Waals surface area contributed by atoms with E-state index < -0.39 is 23.6 Å². The van der Waals surface area contributed by atoms with Gasteiger partial charge in [0.25, 0.3) is 0 Å². The maximum Gasteiger partial charge on any atom is 0.419 e. The predicted molar refractivity (Wildman–Crippen MR) is 135 cm³/mol. The molecule has 1 fully saturated rings. The summed E-state index contributed by atoms with van der Waals surface area (Å²) in [6.45, 7) is 6.24. The van der Waals surface area contributed by atoms with Crippen molar-refractivity contribution in [2.24, 2.45) is 5.41 Å². The van der Waals surface area contributed by atoms with Gasteiger partial charge in [0.1, 0.15) is 23.6 Å². The normalized spacial score (nSPS) is 16.5. The number of methoxy groups -OCH3 is 1. The highest BCUT2D eigenvalue weighted by molar-refractivity contribution is 5.92. The quantitative estimate of drug-likeness (QED) is 0.330. The SMILES string of the molecule is COc1cc2nc(C)nc(N[C@H](C)c3cccc(C(F)(F)F)c3F)c2cc1O[C@@H](C)C1(CN(C)C)CC1. The minimum Gasteiger partial charge on any atom is -0.493 e. The molecule has 2 aromatic carbocycles. The monoisotopic (exact) mass is 520 g/mol. The van der Waals surface area contributed by atoms with E-state index in [1.165, 1.54) is 12.1 Å². The summed E-state index contributed by atoms with van der Waals surface area (Å²) in [5, 5.41) is 3.67. The minimum atomic E-state index is -4.79. The van der Waals surface area contributed by atoms with Crippen LogP contribution in [0.25, 0.3) is 10.9 Å². The van der Waals surface area contributed by atoms with E-state index in [1.807, 2.05) is 21.0 Å². The number of ether oxygens (including phenoxy) is 2. The fourth-order valence-corrected chi connectivity index (χ4v) is 4.80. The van der Waals surface area contributed by atoms with Crippen LogP contribution in [0.15, 0.2) is 30.3 Å². The lowest BCUT2D eigenvalue weighted by Crippen LogP contribution is -2.34. The van der Waals surface area contributed by atoms with Crippen molar-refractivity contribution in [1.82, 2.24) is 14.9 Å². The third-order valence-corrected chi connectivity index (χ3v) is 6.94. The molecule has 200 valence electrons. The summed E-state index contributed by atoms with van der Waals surface area (Å²) in [7, 11) is 5.63. The number of nitrogens with one attached hydrogen (secondary N) is 1. The molecule has 1 aromatic heterocycles. The van der Waals surface area contributed by atoms with Crippen molar-refractivity contribution in [3.05, 3.63) is 53.1 Å². The molecule has 0 aliphatic heterocycles. The molecular weight excluding hydrogens is 488 g/mol. The molecule has 0 bridgehead atoms. The van der Waals surface area contributed by atoms with E-state index in [0.29, 0.717) is 34.0 Å². The molecule has 10 heteroatoms. The zero-order valence-corrected chi connectivity index (χ0v) is 21.8. The third-order valence-electron chi connectivity index (χ3n) is 6.94. The largest absolute Gasteiger partial charge is 0.493 e. The summed E-state index contributed by atoms with van der Waals surface area (Å²) in [5.74, 6) is 0.530. The lowest BCUT2D eigenvalue weighted by atomic mass is 10.00. The molecule has 2 atom stereocenters. The number of aromatic nitrogens is 2. The maximum absolute atomic E-state index is 14.8. The van der Waals surface area contributed by atoms with Gasteiger partial charge < -0.3 is 19.7 Å². The molecule has 0 amide bonds. The first-order valence-corrected chi connectivity index (χ1v) is 12.1. The topological polar surface area (TPSA) is 59.5 Å². The van der Waals surface area contributed by atoms with Crippen molar-refractivity contribution in [3.63, 3.8) is 0 Å². The van der Waals surface area contributed by atoms with Gasteiger partial charge in [0.2, 0.25) is 0 Å². The summed E-state index contributed by atoms with van der Waals surface area (Å²) in [6.07, 6.45) is -2.74. The van der Waals surface area contributed by atoms with Crippen molar-refractivity contribution >= 4 is 16.7 Å². The molecular formula is C27H32F4N4O2. The van der Waals surface area contributed by atoms with Crippen molar-refractivity contribution in [2.45, 2.75) is 51.9 Å². The van der Waals surface area contributed by atoms with E-state index in [2.05, 4.69) is 20.2 Å². The predicted octanol–water partition coefficient (Wildman–Crippen LogP) is 6.39. The lowest BCUT2D eigenvalue weighted by Gasteiger charge is -2.28. The van der Waals surface area contributed by atoms with E-state index >= 15 is 0 Å². The van der Waals surface area contributed by atoms with Gasteiger partial charge >= 0.3 is 6.18 Å². The second-order valence-electron chi connectivity index (χ2n) is 10.1. The molecule has 0 unspecified atom stereocenters. The number of aryl methyl sites for hydroxylation is 1. The highest BCUT2D eigenvalue weighted by atomic mass is 19.4. The summed E-state index contributed by atoms with van der Waals surface area (Å²) in [5.41, 5.74) is -0.789. The first-order valence-electron chi connectivity index (χ1n) is 12.1. The second kappa shape index (κ2) is 9.96. The van der Waals surface area contributed by atoms with E-state index in [4.69, 9.17) is 9.47 Å². The van der Waals surface area contributed by atoms with Crippen LogP contribution >= 0.6 is 0 Å². The number of benzene rings is 2. The van der Waals surface area contributed by atoms with Gasteiger partial charge in [0.05, 0.1) is 24.2 Å². The molecule has 1 aliphatic carbocycles. The Kier molecular flexibility index (Phi) is 7.25. The van der Waals surface area contributed by atoms with E-state index in [-0.39, 0.29) is 17.1 Å². The first kappa shape index (κ1) is 26.9. The number of fused-ring (bicyclic) bond motifs is 1. The Morgan fingerprint density at radius 3 is 2.41 bits per heavy atom. The Labute approximate surface area is 214 Å². The van der Waals surface area contributed by atoms with E-state index in [9.17, 15) is 17.6 Å². The van der Waals surface area contributed by atoms with Crippen LogP contribution in [0, 0.1) is 18.2 Å². The molecule has 1 heterocycles. The zero-order chi connectivity index (χ0) is 27.1. The van der Waals surface area contributed by atoms with Crippen molar-refractivity contribution in [3.8, 4) is 11.5 Å². The van der Waals surface area contributed by atoms with Gasteiger partial charge in [-0.15, -0.1) is 0 Å². The summed E-state index contributed by atoms with van der Waals surface area (Å²) >= 11 is 0. The zero-order valence-electron chi connectivity index (χ0n) is 21.8. The van der Waals surface area contributed by atoms with Crippen LogP contribution < -0.4 is 14.8 Å². The van der Waals surface area contributed by atoms with Gasteiger partial charge in [-0.2, -0.15) is 13.2 Å².